The summed E-state index contributed by atoms with van der Waals surface area (Å²) in [4.78, 5) is 25.0. The summed E-state index contributed by atoms with van der Waals surface area (Å²) < 4.78 is 0. The molecular formula is C14H18N2O3. The molecule has 1 heterocycles. The molecule has 2 rings (SSSR count). The predicted molar refractivity (Wildman–Crippen MR) is 69.9 cm³/mol. The maximum atomic E-state index is 12.1. The Hall–Kier alpha value is -1.88. The van der Waals surface area contributed by atoms with Crippen LogP contribution in [-0.2, 0) is 9.59 Å². The van der Waals surface area contributed by atoms with Gasteiger partial charge in [-0.2, -0.15) is 0 Å². The van der Waals surface area contributed by atoms with E-state index in [9.17, 15) is 14.7 Å². The molecule has 102 valence electrons. The van der Waals surface area contributed by atoms with E-state index in [-0.39, 0.29) is 12.5 Å². The van der Waals surface area contributed by atoms with Gasteiger partial charge >= 0.3 is 0 Å². The lowest BCUT2D eigenvalue weighted by Crippen LogP contribution is -2.52. The quantitative estimate of drug-likeness (QED) is 0.832. The van der Waals surface area contributed by atoms with Gasteiger partial charge in [-0.05, 0) is 18.4 Å². The number of aliphatic hydroxyl groups excluding tert-OH is 1. The Balaban J connectivity index is 2.33. The van der Waals surface area contributed by atoms with Crippen LogP contribution < -0.4 is 5.73 Å². The van der Waals surface area contributed by atoms with Crippen LogP contribution in [0.3, 0.4) is 0 Å². The molecule has 0 aliphatic carbocycles. The molecule has 0 aromatic heterocycles. The molecule has 1 saturated heterocycles. The Kier molecular flexibility index (Phi) is 4.16. The van der Waals surface area contributed by atoms with Gasteiger partial charge in [-0.15, -0.1) is 0 Å². The van der Waals surface area contributed by atoms with Crippen LogP contribution in [0.15, 0.2) is 30.3 Å². The van der Waals surface area contributed by atoms with Crippen LogP contribution in [0.1, 0.15) is 30.9 Å². The van der Waals surface area contributed by atoms with Gasteiger partial charge in [-0.1, -0.05) is 30.3 Å². The zero-order valence-electron chi connectivity index (χ0n) is 10.7. The van der Waals surface area contributed by atoms with Crippen molar-refractivity contribution in [3.63, 3.8) is 0 Å². The SMILES string of the molecule is NC(=O)[C@@H]1CCCC(=O)N1[C@@H](CO)c1ccccc1. The van der Waals surface area contributed by atoms with Gasteiger partial charge in [-0.3, -0.25) is 9.59 Å². The van der Waals surface area contributed by atoms with Gasteiger partial charge < -0.3 is 15.7 Å². The minimum absolute atomic E-state index is 0.127. The minimum Gasteiger partial charge on any atom is -0.394 e. The van der Waals surface area contributed by atoms with Gasteiger partial charge in [0.2, 0.25) is 11.8 Å². The van der Waals surface area contributed by atoms with Gasteiger partial charge in [0.1, 0.15) is 6.04 Å². The van der Waals surface area contributed by atoms with Crippen molar-refractivity contribution in [2.45, 2.75) is 31.3 Å². The number of hydrogen-bond acceptors (Lipinski definition) is 3. The second-order valence-electron chi connectivity index (χ2n) is 4.72. The van der Waals surface area contributed by atoms with E-state index in [2.05, 4.69) is 0 Å². The molecule has 2 atom stereocenters. The molecule has 5 heteroatoms. The van der Waals surface area contributed by atoms with Gasteiger partial charge in [0.15, 0.2) is 0 Å². The van der Waals surface area contributed by atoms with E-state index >= 15 is 0 Å². The molecule has 1 fully saturated rings. The van der Waals surface area contributed by atoms with Crippen LogP contribution in [0.5, 0.6) is 0 Å². The Morgan fingerprint density at radius 2 is 2.11 bits per heavy atom. The van der Waals surface area contributed by atoms with E-state index in [0.717, 1.165) is 5.56 Å². The van der Waals surface area contributed by atoms with E-state index in [1.807, 2.05) is 30.3 Å². The van der Waals surface area contributed by atoms with Crippen molar-refractivity contribution in [2.24, 2.45) is 5.73 Å². The monoisotopic (exact) mass is 262 g/mol. The lowest BCUT2D eigenvalue weighted by molar-refractivity contribution is -0.147. The number of carbonyl (C=O) groups excluding carboxylic acids is 2. The topological polar surface area (TPSA) is 83.6 Å². The first-order valence-electron chi connectivity index (χ1n) is 6.41. The third-order valence-electron chi connectivity index (χ3n) is 3.51. The number of carbonyl (C=O) groups is 2. The van der Waals surface area contributed by atoms with Crippen LogP contribution in [0.25, 0.3) is 0 Å². The van der Waals surface area contributed by atoms with E-state index in [4.69, 9.17) is 5.73 Å². The van der Waals surface area contributed by atoms with Crippen LogP contribution >= 0.6 is 0 Å². The number of hydrogen-bond donors (Lipinski definition) is 2. The summed E-state index contributed by atoms with van der Waals surface area (Å²) in [6.45, 7) is -0.223. The van der Waals surface area contributed by atoms with E-state index in [0.29, 0.717) is 19.3 Å². The van der Waals surface area contributed by atoms with Crippen molar-refractivity contribution < 1.29 is 14.7 Å². The third kappa shape index (κ3) is 2.76. The lowest BCUT2D eigenvalue weighted by Gasteiger charge is -2.39. The third-order valence-corrected chi connectivity index (χ3v) is 3.51. The smallest absolute Gasteiger partial charge is 0.240 e. The van der Waals surface area contributed by atoms with Crippen LogP contribution in [0, 0.1) is 0 Å². The molecule has 5 nitrogen and oxygen atoms in total. The average Bonchev–Trinajstić information content (AvgIpc) is 2.42. The second-order valence-corrected chi connectivity index (χ2v) is 4.72. The Bertz CT molecular complexity index is 461. The van der Waals surface area contributed by atoms with Crippen LogP contribution in [-0.4, -0.2) is 34.5 Å². The largest absolute Gasteiger partial charge is 0.394 e. The summed E-state index contributed by atoms with van der Waals surface area (Å²) in [5.74, 6) is -0.639. The van der Waals surface area contributed by atoms with E-state index < -0.39 is 18.0 Å². The van der Waals surface area contributed by atoms with Crippen molar-refractivity contribution >= 4 is 11.8 Å². The molecule has 2 amide bonds. The predicted octanol–water partition coefficient (Wildman–Crippen LogP) is 0.586. The average molecular weight is 262 g/mol. The Morgan fingerprint density at radius 3 is 2.68 bits per heavy atom. The highest BCUT2D eigenvalue weighted by Crippen LogP contribution is 2.29. The van der Waals surface area contributed by atoms with Crippen molar-refractivity contribution in [3.05, 3.63) is 35.9 Å². The summed E-state index contributed by atoms with van der Waals surface area (Å²) in [6.07, 6.45) is 1.62. The summed E-state index contributed by atoms with van der Waals surface area (Å²) in [5.41, 5.74) is 6.19. The molecule has 3 N–H and O–H groups in total. The fraction of sp³-hybridized carbons (Fsp3) is 0.429. The van der Waals surface area contributed by atoms with Crippen molar-refractivity contribution in [3.8, 4) is 0 Å². The summed E-state index contributed by atoms with van der Waals surface area (Å²) in [5, 5.41) is 9.60. The number of likely N-dealkylation sites (tertiary alicyclic amines) is 1. The molecule has 0 saturated carbocycles. The Morgan fingerprint density at radius 1 is 1.42 bits per heavy atom. The van der Waals surface area contributed by atoms with E-state index in [1.165, 1.54) is 4.90 Å². The number of piperidine rings is 1. The summed E-state index contributed by atoms with van der Waals surface area (Å²) in [6, 6.07) is 8.07. The van der Waals surface area contributed by atoms with Gasteiger partial charge in [0.05, 0.1) is 12.6 Å². The molecule has 1 aliphatic heterocycles. The summed E-state index contributed by atoms with van der Waals surface area (Å²) in [7, 11) is 0. The van der Waals surface area contributed by atoms with Crippen LogP contribution in [0.4, 0.5) is 0 Å². The van der Waals surface area contributed by atoms with Crippen LogP contribution in [0.2, 0.25) is 0 Å². The number of primary amides is 1. The van der Waals surface area contributed by atoms with Gasteiger partial charge in [0, 0.05) is 6.42 Å². The van der Waals surface area contributed by atoms with Gasteiger partial charge in [-0.25, -0.2) is 0 Å². The molecule has 0 spiro atoms. The molecule has 1 aromatic rings. The van der Waals surface area contributed by atoms with Crippen molar-refractivity contribution in [1.82, 2.24) is 4.90 Å². The Labute approximate surface area is 112 Å². The van der Waals surface area contributed by atoms with Crippen molar-refractivity contribution in [1.29, 1.82) is 0 Å². The number of amides is 2. The van der Waals surface area contributed by atoms with E-state index in [1.54, 1.807) is 0 Å². The highest BCUT2D eigenvalue weighted by Gasteiger charge is 2.36. The first-order chi connectivity index (χ1) is 9.15. The standard InChI is InChI=1S/C14H18N2O3/c15-14(19)11-7-4-8-13(18)16(11)12(9-17)10-5-2-1-3-6-10/h1-3,5-6,11-12,17H,4,7-9H2,(H2,15,19)/t11-,12-/m0/s1. The normalized spacial score (nSPS) is 21.2. The summed E-state index contributed by atoms with van der Waals surface area (Å²) >= 11 is 0. The molecule has 19 heavy (non-hydrogen) atoms. The number of nitrogens with zero attached hydrogens (tertiary/aromatic N) is 1. The highest BCUT2D eigenvalue weighted by atomic mass is 16.3. The fourth-order valence-corrected chi connectivity index (χ4v) is 2.59. The fourth-order valence-electron chi connectivity index (χ4n) is 2.59. The first kappa shape index (κ1) is 13.5. The molecule has 0 bridgehead atoms. The maximum absolute atomic E-state index is 12.1. The number of aliphatic hydroxyl groups is 1. The number of rotatable bonds is 4. The molecule has 0 unspecified atom stereocenters. The molecule has 1 aliphatic rings. The molecule has 1 aromatic carbocycles. The van der Waals surface area contributed by atoms with Gasteiger partial charge in [0.25, 0.3) is 0 Å². The van der Waals surface area contributed by atoms with Crippen molar-refractivity contribution in [2.75, 3.05) is 6.61 Å². The number of benzene rings is 1. The maximum Gasteiger partial charge on any atom is 0.240 e. The zero-order valence-corrected chi connectivity index (χ0v) is 10.7. The number of nitrogens with two attached hydrogens (primary N) is 1. The zero-order chi connectivity index (χ0) is 13.8. The highest BCUT2D eigenvalue weighted by molar-refractivity contribution is 5.88. The lowest BCUT2D eigenvalue weighted by atomic mass is 9.95. The molecule has 0 radical (unpaired) electrons. The molecular weight excluding hydrogens is 244 g/mol. The minimum atomic E-state index is -0.626. The first-order valence-corrected chi connectivity index (χ1v) is 6.41. The second kappa shape index (κ2) is 5.84.